The van der Waals surface area contributed by atoms with Crippen LogP contribution in [-0.2, 0) is 0 Å². The van der Waals surface area contributed by atoms with Gasteiger partial charge in [-0.2, -0.15) is 10.5 Å². The van der Waals surface area contributed by atoms with Gasteiger partial charge in [-0.25, -0.2) is 0 Å². The number of nitrogens with zero attached hydrogens (tertiary/aromatic N) is 5. The Morgan fingerprint density at radius 3 is 2.65 bits per heavy atom. The fourth-order valence-corrected chi connectivity index (χ4v) is 3.68. The summed E-state index contributed by atoms with van der Waals surface area (Å²) in [7, 11) is 0. The second kappa shape index (κ2) is 6.51. The van der Waals surface area contributed by atoms with Crippen LogP contribution in [-0.4, -0.2) is 51.7 Å². The molecule has 0 radical (unpaired) electrons. The second-order valence-corrected chi connectivity index (χ2v) is 7.45. The molecule has 136 valence electrons. The van der Waals surface area contributed by atoms with Crippen molar-refractivity contribution in [3.8, 4) is 18.0 Å². The molecule has 1 aromatic carbocycles. The van der Waals surface area contributed by atoms with E-state index in [1.807, 2.05) is 43.7 Å². The summed E-state index contributed by atoms with van der Waals surface area (Å²) in [5.41, 5.74) is 0.435. The van der Waals surface area contributed by atoms with E-state index in [1.165, 1.54) is 0 Å². The van der Waals surface area contributed by atoms with Crippen LogP contribution >= 0.6 is 0 Å². The fraction of sp³-hybridized carbons (Fsp3) is 0.526. The second-order valence-electron chi connectivity index (χ2n) is 7.45. The van der Waals surface area contributed by atoms with Crippen molar-refractivity contribution in [1.29, 1.82) is 10.5 Å². The molecule has 2 atom stereocenters. The number of aliphatic hydroxyl groups is 1. The predicted octanol–water partition coefficient (Wildman–Crippen LogP) is 1.99. The maximum Gasteiger partial charge on any atom is 0.213 e. The number of fused-ring (bicyclic) bond motifs is 1. The molecule has 7 heteroatoms. The van der Waals surface area contributed by atoms with Gasteiger partial charge in [0.05, 0.1) is 17.7 Å². The third-order valence-corrected chi connectivity index (χ3v) is 5.05. The zero-order chi connectivity index (χ0) is 19.1. The van der Waals surface area contributed by atoms with Gasteiger partial charge in [-0.15, -0.1) is 4.99 Å². The van der Waals surface area contributed by atoms with Crippen molar-refractivity contribution < 1.29 is 9.84 Å². The van der Waals surface area contributed by atoms with Crippen molar-refractivity contribution >= 4 is 5.96 Å². The van der Waals surface area contributed by atoms with Crippen molar-refractivity contribution in [2.75, 3.05) is 13.1 Å². The van der Waals surface area contributed by atoms with E-state index >= 15 is 0 Å². The van der Waals surface area contributed by atoms with Crippen LogP contribution in [0.1, 0.15) is 44.9 Å². The Balaban J connectivity index is 2.13. The molecule has 2 aliphatic rings. The summed E-state index contributed by atoms with van der Waals surface area (Å²) in [5, 5.41) is 29.5. The Hall–Kier alpha value is -2.77. The minimum Gasteiger partial charge on any atom is -0.485 e. The monoisotopic (exact) mass is 353 g/mol. The Morgan fingerprint density at radius 1 is 1.31 bits per heavy atom. The molecule has 1 N–H and O–H groups in total. The molecule has 0 amide bonds. The topological polar surface area (TPSA) is 95.9 Å². The lowest BCUT2D eigenvalue weighted by atomic mass is 9.85. The molecule has 1 aromatic rings. The van der Waals surface area contributed by atoms with E-state index in [4.69, 9.17) is 10.00 Å². The van der Waals surface area contributed by atoms with Gasteiger partial charge in [0.2, 0.25) is 12.2 Å². The maximum atomic E-state index is 11.1. The van der Waals surface area contributed by atoms with E-state index in [0.717, 1.165) is 12.1 Å². The normalized spacial score (nSPS) is 25.6. The van der Waals surface area contributed by atoms with Crippen molar-refractivity contribution in [2.45, 2.75) is 51.5 Å². The molecule has 1 saturated heterocycles. The van der Waals surface area contributed by atoms with Crippen LogP contribution in [0.3, 0.4) is 0 Å². The van der Waals surface area contributed by atoms with Crippen molar-refractivity contribution in [3.05, 3.63) is 29.3 Å². The number of aliphatic imine (C=N–C) groups is 1. The van der Waals surface area contributed by atoms with Gasteiger partial charge < -0.3 is 19.6 Å². The highest BCUT2D eigenvalue weighted by Gasteiger charge is 2.48. The summed E-state index contributed by atoms with van der Waals surface area (Å²) < 4.78 is 5.99. The summed E-state index contributed by atoms with van der Waals surface area (Å²) in [6, 6.07) is 7.10. The van der Waals surface area contributed by atoms with Crippen LogP contribution < -0.4 is 4.74 Å². The lowest BCUT2D eigenvalue weighted by Crippen LogP contribution is -2.54. The van der Waals surface area contributed by atoms with E-state index in [-0.39, 0.29) is 6.04 Å². The maximum absolute atomic E-state index is 11.1. The SMILES string of the molecule is CC(C)N1CCN(C2c3cc(C#N)ccc3OC(C)(C)C2O)C1=NC#N. The van der Waals surface area contributed by atoms with Crippen LogP contribution in [0.2, 0.25) is 0 Å². The lowest BCUT2D eigenvalue weighted by molar-refractivity contribution is -0.0802. The first kappa shape index (κ1) is 18.0. The molecule has 3 rings (SSSR count). The van der Waals surface area contributed by atoms with Crippen LogP contribution in [0, 0.1) is 22.8 Å². The minimum atomic E-state index is -0.847. The number of aliphatic hydroxyl groups excluding tert-OH is 1. The first-order valence-electron chi connectivity index (χ1n) is 8.71. The predicted molar refractivity (Wildman–Crippen MR) is 96.2 cm³/mol. The van der Waals surface area contributed by atoms with E-state index in [0.29, 0.717) is 23.8 Å². The van der Waals surface area contributed by atoms with Gasteiger partial charge in [-0.3, -0.25) is 0 Å². The fourth-order valence-electron chi connectivity index (χ4n) is 3.68. The van der Waals surface area contributed by atoms with Gasteiger partial charge in [0, 0.05) is 24.7 Å². The number of ether oxygens (including phenoxy) is 1. The van der Waals surface area contributed by atoms with Crippen molar-refractivity contribution in [3.63, 3.8) is 0 Å². The standard InChI is InChI=1S/C19H23N5O2/c1-12(2)23-7-8-24(18(23)22-11-21)16-14-9-13(10-20)5-6-15(14)26-19(3,4)17(16)25/h5-6,9,12,16-17,25H,7-8H2,1-4H3. The third kappa shape index (κ3) is 2.85. The van der Waals surface area contributed by atoms with Gasteiger partial charge in [-0.05, 0) is 45.9 Å². The van der Waals surface area contributed by atoms with Crippen LogP contribution in [0.25, 0.3) is 0 Å². The third-order valence-electron chi connectivity index (χ3n) is 5.05. The average Bonchev–Trinajstić information content (AvgIpc) is 2.99. The zero-order valence-corrected chi connectivity index (χ0v) is 15.5. The molecule has 2 unspecified atom stereocenters. The highest BCUT2D eigenvalue weighted by molar-refractivity contribution is 5.84. The van der Waals surface area contributed by atoms with Crippen LogP contribution in [0.4, 0.5) is 0 Å². The van der Waals surface area contributed by atoms with E-state index in [9.17, 15) is 10.4 Å². The number of guanidine groups is 1. The number of rotatable bonds is 2. The summed E-state index contributed by atoms with van der Waals surface area (Å²) in [5.74, 6) is 1.20. The summed E-state index contributed by atoms with van der Waals surface area (Å²) in [6.07, 6.45) is 1.04. The molecule has 0 aromatic heterocycles. The number of hydrogen-bond acceptors (Lipinski definition) is 5. The van der Waals surface area contributed by atoms with Gasteiger partial charge >= 0.3 is 0 Å². The minimum absolute atomic E-state index is 0.182. The highest BCUT2D eigenvalue weighted by Crippen LogP contribution is 2.44. The molecule has 0 aliphatic carbocycles. The molecule has 0 spiro atoms. The molecule has 1 fully saturated rings. The quantitative estimate of drug-likeness (QED) is 0.817. The number of nitriles is 2. The highest BCUT2D eigenvalue weighted by atomic mass is 16.5. The van der Waals surface area contributed by atoms with E-state index < -0.39 is 17.7 Å². The van der Waals surface area contributed by atoms with E-state index in [1.54, 1.807) is 18.2 Å². The Kier molecular flexibility index (Phi) is 4.52. The van der Waals surface area contributed by atoms with Crippen molar-refractivity contribution in [1.82, 2.24) is 9.80 Å². The lowest BCUT2D eigenvalue weighted by Gasteiger charge is -2.45. The first-order valence-corrected chi connectivity index (χ1v) is 8.71. The van der Waals surface area contributed by atoms with Gasteiger partial charge in [0.15, 0.2) is 0 Å². The molecule has 0 bridgehead atoms. The molecular formula is C19H23N5O2. The molecule has 26 heavy (non-hydrogen) atoms. The average molecular weight is 353 g/mol. The van der Waals surface area contributed by atoms with Crippen LogP contribution in [0.5, 0.6) is 5.75 Å². The van der Waals surface area contributed by atoms with Gasteiger partial charge in [0.1, 0.15) is 17.5 Å². The number of hydrogen-bond donors (Lipinski definition) is 1. The number of benzene rings is 1. The summed E-state index contributed by atoms with van der Waals surface area (Å²) >= 11 is 0. The summed E-state index contributed by atoms with van der Waals surface area (Å²) in [4.78, 5) is 8.04. The van der Waals surface area contributed by atoms with Crippen LogP contribution in [0.15, 0.2) is 23.2 Å². The van der Waals surface area contributed by atoms with Crippen molar-refractivity contribution in [2.24, 2.45) is 4.99 Å². The first-order chi connectivity index (χ1) is 12.3. The van der Waals surface area contributed by atoms with E-state index in [2.05, 4.69) is 11.1 Å². The smallest absolute Gasteiger partial charge is 0.213 e. The Bertz CT molecular complexity index is 818. The molecular weight excluding hydrogens is 330 g/mol. The van der Waals surface area contributed by atoms with Gasteiger partial charge in [-0.1, -0.05) is 0 Å². The largest absolute Gasteiger partial charge is 0.485 e. The zero-order valence-electron chi connectivity index (χ0n) is 15.5. The molecule has 2 aliphatic heterocycles. The van der Waals surface area contributed by atoms with Gasteiger partial charge in [0.25, 0.3) is 0 Å². The Morgan fingerprint density at radius 2 is 2.04 bits per heavy atom. The summed E-state index contributed by atoms with van der Waals surface area (Å²) in [6.45, 7) is 9.11. The molecule has 0 saturated carbocycles. The molecule has 7 nitrogen and oxygen atoms in total. The Labute approximate surface area is 153 Å². The molecule has 2 heterocycles.